The lowest BCUT2D eigenvalue weighted by Gasteiger charge is -2.10. The lowest BCUT2D eigenvalue weighted by Crippen LogP contribution is -2.25. The third-order valence-electron chi connectivity index (χ3n) is 2.46. The first kappa shape index (κ1) is 13.0. The highest BCUT2D eigenvalue weighted by Crippen LogP contribution is 2.11. The van der Waals surface area contributed by atoms with Gasteiger partial charge in [-0.3, -0.25) is 0 Å². The Kier molecular flexibility index (Phi) is 5.90. The van der Waals surface area contributed by atoms with Gasteiger partial charge in [0.2, 0.25) is 0 Å². The van der Waals surface area contributed by atoms with E-state index in [-0.39, 0.29) is 0 Å². The molecule has 0 amide bonds. The summed E-state index contributed by atoms with van der Waals surface area (Å²) >= 11 is 0. The van der Waals surface area contributed by atoms with Crippen molar-refractivity contribution in [3.05, 3.63) is 29.8 Å². The molecule has 0 fully saturated rings. The Balaban J connectivity index is 2.31. The quantitative estimate of drug-likeness (QED) is 0.739. The van der Waals surface area contributed by atoms with Gasteiger partial charge in [0.05, 0.1) is 6.61 Å². The fourth-order valence-corrected chi connectivity index (χ4v) is 1.42. The Morgan fingerprint density at radius 3 is 2.56 bits per heavy atom. The molecule has 16 heavy (non-hydrogen) atoms. The molecule has 90 valence electrons. The van der Waals surface area contributed by atoms with Gasteiger partial charge in [0.1, 0.15) is 5.75 Å². The molecule has 0 aliphatic heterocycles. The highest BCUT2D eigenvalue weighted by molar-refractivity contribution is 5.27. The van der Waals surface area contributed by atoms with Gasteiger partial charge in [-0.25, -0.2) is 0 Å². The van der Waals surface area contributed by atoms with Crippen LogP contribution in [0.25, 0.3) is 0 Å². The van der Waals surface area contributed by atoms with E-state index < -0.39 is 0 Å². The van der Waals surface area contributed by atoms with Gasteiger partial charge in [0.25, 0.3) is 0 Å². The van der Waals surface area contributed by atoms with E-state index in [4.69, 9.17) is 10.5 Å². The van der Waals surface area contributed by atoms with Crippen LogP contribution in [0.2, 0.25) is 0 Å². The van der Waals surface area contributed by atoms with E-state index >= 15 is 0 Å². The molecule has 3 nitrogen and oxygen atoms in total. The van der Waals surface area contributed by atoms with Gasteiger partial charge in [-0.15, -0.1) is 0 Å². The number of nitrogens with one attached hydrogen (secondary N) is 1. The van der Waals surface area contributed by atoms with E-state index in [1.165, 1.54) is 5.56 Å². The minimum atomic E-state index is 0.530. The van der Waals surface area contributed by atoms with Crippen LogP contribution in [0, 0.1) is 5.92 Å². The Morgan fingerprint density at radius 1 is 1.31 bits per heavy atom. The van der Waals surface area contributed by atoms with Gasteiger partial charge in [-0.2, -0.15) is 0 Å². The van der Waals surface area contributed by atoms with Crippen LogP contribution in [0.1, 0.15) is 19.4 Å². The van der Waals surface area contributed by atoms with Crippen LogP contribution >= 0.6 is 0 Å². The molecular weight excluding hydrogens is 200 g/mol. The highest BCUT2D eigenvalue weighted by atomic mass is 16.5. The number of nitrogens with two attached hydrogens (primary N) is 1. The topological polar surface area (TPSA) is 47.3 Å². The molecule has 0 heterocycles. The van der Waals surface area contributed by atoms with Crippen molar-refractivity contribution in [3.63, 3.8) is 0 Å². The Labute approximate surface area is 98.0 Å². The second-order valence-electron chi connectivity index (χ2n) is 4.05. The minimum absolute atomic E-state index is 0.530. The summed E-state index contributed by atoms with van der Waals surface area (Å²) in [7, 11) is 0. The van der Waals surface area contributed by atoms with Gasteiger partial charge in [-0.05, 0) is 43.6 Å². The van der Waals surface area contributed by atoms with E-state index in [1.54, 1.807) is 0 Å². The number of hydrogen-bond acceptors (Lipinski definition) is 3. The van der Waals surface area contributed by atoms with Crippen LogP contribution in [0.4, 0.5) is 0 Å². The summed E-state index contributed by atoms with van der Waals surface area (Å²) in [6.45, 7) is 7.43. The minimum Gasteiger partial charge on any atom is -0.494 e. The van der Waals surface area contributed by atoms with Crippen LogP contribution in [0.15, 0.2) is 24.3 Å². The predicted octanol–water partition coefficient (Wildman–Crippen LogP) is 1.77. The van der Waals surface area contributed by atoms with Crippen molar-refractivity contribution >= 4 is 0 Å². The number of hydrogen-bond donors (Lipinski definition) is 2. The Morgan fingerprint density at radius 2 is 2.00 bits per heavy atom. The molecule has 0 aromatic heterocycles. The van der Waals surface area contributed by atoms with Crippen molar-refractivity contribution < 1.29 is 4.74 Å². The number of benzene rings is 1. The summed E-state index contributed by atoms with van der Waals surface area (Å²) in [6, 6.07) is 8.19. The summed E-state index contributed by atoms with van der Waals surface area (Å²) < 4.78 is 5.38. The molecule has 3 heteroatoms. The zero-order valence-electron chi connectivity index (χ0n) is 10.2. The third kappa shape index (κ3) is 4.64. The lowest BCUT2D eigenvalue weighted by molar-refractivity contribution is 0.340. The molecule has 0 saturated carbocycles. The van der Waals surface area contributed by atoms with Gasteiger partial charge in [-0.1, -0.05) is 19.1 Å². The van der Waals surface area contributed by atoms with Crippen molar-refractivity contribution in [2.24, 2.45) is 11.7 Å². The van der Waals surface area contributed by atoms with Crippen molar-refractivity contribution in [1.82, 2.24) is 5.32 Å². The smallest absolute Gasteiger partial charge is 0.119 e. The zero-order valence-corrected chi connectivity index (χ0v) is 10.2. The molecule has 0 saturated heterocycles. The van der Waals surface area contributed by atoms with E-state index in [9.17, 15) is 0 Å². The first-order valence-corrected chi connectivity index (χ1v) is 5.88. The SMILES string of the molecule is CCOc1ccc(CNCC(C)CN)cc1. The molecule has 0 aliphatic carbocycles. The standard InChI is InChI=1S/C13H22N2O/c1-3-16-13-6-4-12(5-7-13)10-15-9-11(2)8-14/h4-7,11,15H,3,8-10,14H2,1-2H3. The average Bonchev–Trinajstić information content (AvgIpc) is 2.31. The maximum Gasteiger partial charge on any atom is 0.119 e. The maximum absolute atomic E-state index is 5.55. The molecule has 0 bridgehead atoms. The largest absolute Gasteiger partial charge is 0.494 e. The Bertz CT molecular complexity index is 284. The van der Waals surface area contributed by atoms with Crippen molar-refractivity contribution in [2.45, 2.75) is 20.4 Å². The summed E-state index contributed by atoms with van der Waals surface area (Å²) in [5.41, 5.74) is 6.82. The van der Waals surface area contributed by atoms with Crippen molar-refractivity contribution in [1.29, 1.82) is 0 Å². The summed E-state index contributed by atoms with van der Waals surface area (Å²) in [4.78, 5) is 0. The van der Waals surface area contributed by atoms with E-state index in [1.807, 2.05) is 19.1 Å². The molecular formula is C13H22N2O. The molecule has 0 radical (unpaired) electrons. The van der Waals surface area contributed by atoms with Crippen LogP contribution < -0.4 is 15.8 Å². The second-order valence-corrected chi connectivity index (χ2v) is 4.05. The van der Waals surface area contributed by atoms with Crippen LogP contribution in [0.3, 0.4) is 0 Å². The predicted molar refractivity (Wildman–Crippen MR) is 67.5 cm³/mol. The van der Waals surface area contributed by atoms with Gasteiger partial charge < -0.3 is 15.8 Å². The second kappa shape index (κ2) is 7.25. The number of ether oxygens (including phenoxy) is 1. The molecule has 1 rings (SSSR count). The molecule has 0 spiro atoms. The fourth-order valence-electron chi connectivity index (χ4n) is 1.42. The Hall–Kier alpha value is -1.06. The normalized spacial score (nSPS) is 12.4. The molecule has 1 aromatic rings. The van der Waals surface area contributed by atoms with Crippen LogP contribution in [-0.4, -0.2) is 19.7 Å². The number of rotatable bonds is 7. The summed E-state index contributed by atoms with van der Waals surface area (Å²) in [6.07, 6.45) is 0. The van der Waals surface area contributed by atoms with Gasteiger partial charge >= 0.3 is 0 Å². The fraction of sp³-hybridized carbons (Fsp3) is 0.538. The van der Waals surface area contributed by atoms with Gasteiger partial charge in [0.15, 0.2) is 0 Å². The van der Waals surface area contributed by atoms with Crippen LogP contribution in [-0.2, 0) is 6.54 Å². The van der Waals surface area contributed by atoms with Crippen molar-refractivity contribution in [2.75, 3.05) is 19.7 Å². The van der Waals surface area contributed by atoms with Crippen LogP contribution in [0.5, 0.6) is 5.75 Å². The molecule has 0 aliphatic rings. The molecule has 1 atom stereocenters. The van der Waals surface area contributed by atoms with E-state index in [0.29, 0.717) is 12.5 Å². The molecule has 1 aromatic carbocycles. The molecule has 1 unspecified atom stereocenters. The zero-order chi connectivity index (χ0) is 11.8. The first-order valence-electron chi connectivity index (χ1n) is 5.88. The van der Waals surface area contributed by atoms with Gasteiger partial charge in [0, 0.05) is 6.54 Å². The lowest BCUT2D eigenvalue weighted by atomic mass is 10.1. The molecule has 3 N–H and O–H groups in total. The average molecular weight is 222 g/mol. The summed E-state index contributed by atoms with van der Waals surface area (Å²) in [5, 5.41) is 3.38. The van der Waals surface area contributed by atoms with Crippen molar-refractivity contribution in [3.8, 4) is 5.75 Å². The monoisotopic (exact) mass is 222 g/mol. The van der Waals surface area contributed by atoms with E-state index in [0.717, 1.165) is 25.4 Å². The summed E-state index contributed by atoms with van der Waals surface area (Å²) in [5.74, 6) is 1.46. The maximum atomic E-state index is 5.55. The third-order valence-corrected chi connectivity index (χ3v) is 2.46. The highest BCUT2D eigenvalue weighted by Gasteiger charge is 1.98. The van der Waals surface area contributed by atoms with E-state index in [2.05, 4.69) is 24.4 Å². The first-order chi connectivity index (χ1) is 7.76.